The maximum Gasteiger partial charge on any atom is 0.252 e. The maximum absolute atomic E-state index is 12.1. The van der Waals surface area contributed by atoms with Crippen LogP contribution in [0, 0.1) is 5.92 Å². The van der Waals surface area contributed by atoms with Crippen LogP contribution in [0.15, 0.2) is 0 Å². The minimum absolute atomic E-state index is 0.0885. The van der Waals surface area contributed by atoms with Gasteiger partial charge in [0.1, 0.15) is 0 Å². The van der Waals surface area contributed by atoms with Gasteiger partial charge in [0.25, 0.3) is 5.92 Å². The van der Waals surface area contributed by atoms with Gasteiger partial charge in [-0.15, -0.1) is 0 Å². The first-order valence-corrected chi connectivity index (χ1v) is 3.05. The van der Waals surface area contributed by atoms with E-state index < -0.39 is 5.92 Å². The normalized spacial score (nSPS) is 31.0. The summed E-state index contributed by atoms with van der Waals surface area (Å²) in [4.78, 5) is 1.80. The second kappa shape index (κ2) is 1.90. The summed E-state index contributed by atoms with van der Waals surface area (Å²) in [6, 6.07) is 0. The third-order valence-corrected chi connectivity index (χ3v) is 1.54. The van der Waals surface area contributed by atoms with E-state index in [1.165, 1.54) is 0 Å². The molecule has 0 aliphatic heterocycles. The highest BCUT2D eigenvalue weighted by molar-refractivity contribution is 4.95. The van der Waals surface area contributed by atoms with Crippen molar-refractivity contribution in [3.05, 3.63) is 0 Å². The van der Waals surface area contributed by atoms with Crippen LogP contribution in [-0.2, 0) is 0 Å². The van der Waals surface area contributed by atoms with E-state index >= 15 is 0 Å². The summed E-state index contributed by atoms with van der Waals surface area (Å²) in [7, 11) is 3.63. The molecule has 1 aliphatic carbocycles. The van der Waals surface area contributed by atoms with Crippen molar-refractivity contribution in [2.75, 3.05) is 20.6 Å². The summed E-state index contributed by atoms with van der Waals surface area (Å²) in [6.07, 6.45) is 0.0885. The van der Waals surface area contributed by atoms with Crippen molar-refractivity contribution >= 4 is 0 Å². The molecule has 1 saturated carbocycles. The number of halogens is 2. The fourth-order valence-electron chi connectivity index (χ4n) is 0.908. The van der Waals surface area contributed by atoms with Gasteiger partial charge in [-0.2, -0.15) is 0 Å². The predicted octanol–water partition coefficient (Wildman–Crippen LogP) is 1.20. The quantitative estimate of drug-likeness (QED) is 0.550. The van der Waals surface area contributed by atoms with Gasteiger partial charge in [-0.3, -0.25) is 0 Å². The Labute approximate surface area is 53.6 Å². The lowest BCUT2D eigenvalue weighted by Gasteiger charge is -2.06. The van der Waals surface area contributed by atoms with Crippen LogP contribution < -0.4 is 0 Å². The zero-order chi connectivity index (χ0) is 7.07. The standard InChI is InChI=1S/C6H11F2N/c1-9(2)4-5-3-6(5,7)8/h5H,3-4H2,1-2H3/t5-/m0/s1. The molecule has 1 aliphatic rings. The molecule has 1 atom stereocenters. The van der Waals surface area contributed by atoms with E-state index in [1.807, 2.05) is 14.1 Å². The van der Waals surface area contributed by atoms with Crippen molar-refractivity contribution in [1.29, 1.82) is 0 Å². The first-order valence-electron chi connectivity index (χ1n) is 3.05. The molecule has 0 aromatic rings. The molecule has 0 bridgehead atoms. The first-order chi connectivity index (χ1) is 4.02. The zero-order valence-electron chi connectivity index (χ0n) is 5.69. The Kier molecular flexibility index (Phi) is 1.47. The molecular weight excluding hydrogens is 124 g/mol. The lowest BCUT2D eigenvalue weighted by Crippen LogP contribution is -2.17. The summed E-state index contributed by atoms with van der Waals surface area (Å²) in [5.74, 6) is -2.71. The molecule has 54 valence electrons. The Bertz CT molecular complexity index is 112. The largest absolute Gasteiger partial charge is 0.309 e. The Morgan fingerprint density at radius 1 is 1.56 bits per heavy atom. The van der Waals surface area contributed by atoms with E-state index in [4.69, 9.17) is 0 Å². The topological polar surface area (TPSA) is 3.24 Å². The number of nitrogens with zero attached hydrogens (tertiary/aromatic N) is 1. The lowest BCUT2D eigenvalue weighted by atomic mass is 10.4. The van der Waals surface area contributed by atoms with Crippen molar-refractivity contribution in [3.63, 3.8) is 0 Å². The van der Waals surface area contributed by atoms with Crippen LogP contribution in [0.5, 0.6) is 0 Å². The van der Waals surface area contributed by atoms with E-state index in [0.717, 1.165) is 0 Å². The fraction of sp³-hybridized carbons (Fsp3) is 1.00. The molecule has 0 radical (unpaired) electrons. The van der Waals surface area contributed by atoms with Crippen LogP contribution in [0.3, 0.4) is 0 Å². The van der Waals surface area contributed by atoms with Gasteiger partial charge < -0.3 is 4.90 Å². The van der Waals surface area contributed by atoms with Crippen LogP contribution in [0.25, 0.3) is 0 Å². The summed E-state index contributed by atoms with van der Waals surface area (Å²) in [5, 5.41) is 0. The minimum atomic E-state index is -2.34. The Hall–Kier alpha value is -0.180. The average Bonchev–Trinajstić information content (AvgIpc) is 2.10. The van der Waals surface area contributed by atoms with Gasteiger partial charge in [0, 0.05) is 18.9 Å². The second-order valence-corrected chi connectivity index (χ2v) is 2.92. The van der Waals surface area contributed by atoms with Gasteiger partial charge in [0.05, 0.1) is 0 Å². The van der Waals surface area contributed by atoms with Crippen LogP contribution in [0.4, 0.5) is 8.78 Å². The summed E-state index contributed by atoms with van der Waals surface area (Å²) in [6.45, 7) is 0.521. The van der Waals surface area contributed by atoms with Gasteiger partial charge in [0.15, 0.2) is 0 Å². The lowest BCUT2D eigenvalue weighted by molar-refractivity contribution is 0.0923. The molecule has 0 heterocycles. The van der Waals surface area contributed by atoms with Crippen molar-refractivity contribution < 1.29 is 8.78 Å². The molecule has 9 heavy (non-hydrogen) atoms. The van der Waals surface area contributed by atoms with Crippen molar-refractivity contribution in [2.45, 2.75) is 12.3 Å². The van der Waals surface area contributed by atoms with Gasteiger partial charge in [0.2, 0.25) is 0 Å². The molecule has 1 fully saturated rings. The molecule has 0 amide bonds. The molecular formula is C6H11F2N. The van der Waals surface area contributed by atoms with Crippen molar-refractivity contribution in [1.82, 2.24) is 4.90 Å². The van der Waals surface area contributed by atoms with Gasteiger partial charge in [-0.25, -0.2) is 8.78 Å². The Morgan fingerprint density at radius 3 is 2.11 bits per heavy atom. The number of hydrogen-bond acceptors (Lipinski definition) is 1. The van der Waals surface area contributed by atoms with E-state index in [2.05, 4.69) is 0 Å². The Morgan fingerprint density at radius 2 is 2.00 bits per heavy atom. The first kappa shape index (κ1) is 6.93. The van der Waals surface area contributed by atoms with Crippen LogP contribution in [-0.4, -0.2) is 31.5 Å². The average molecular weight is 135 g/mol. The molecule has 0 spiro atoms. The molecule has 0 aromatic carbocycles. The van der Waals surface area contributed by atoms with Crippen LogP contribution in [0.2, 0.25) is 0 Å². The van der Waals surface area contributed by atoms with E-state index in [0.29, 0.717) is 6.54 Å². The number of rotatable bonds is 2. The summed E-state index contributed by atoms with van der Waals surface area (Å²) >= 11 is 0. The van der Waals surface area contributed by atoms with Crippen molar-refractivity contribution in [2.24, 2.45) is 5.92 Å². The molecule has 3 heteroatoms. The van der Waals surface area contributed by atoms with Crippen molar-refractivity contribution in [3.8, 4) is 0 Å². The smallest absolute Gasteiger partial charge is 0.252 e. The molecule has 0 saturated heterocycles. The fourth-order valence-corrected chi connectivity index (χ4v) is 0.908. The highest BCUT2D eigenvalue weighted by atomic mass is 19.3. The van der Waals surface area contributed by atoms with E-state index in [1.54, 1.807) is 4.90 Å². The van der Waals surface area contributed by atoms with Crippen LogP contribution in [0.1, 0.15) is 6.42 Å². The van der Waals surface area contributed by atoms with Gasteiger partial charge >= 0.3 is 0 Å². The number of hydrogen-bond donors (Lipinski definition) is 0. The molecule has 0 N–H and O–H groups in total. The SMILES string of the molecule is CN(C)C[C@@H]1CC1(F)F. The molecule has 1 nitrogen and oxygen atoms in total. The monoisotopic (exact) mass is 135 g/mol. The minimum Gasteiger partial charge on any atom is -0.309 e. The third kappa shape index (κ3) is 1.61. The Balaban J connectivity index is 2.20. The number of alkyl halides is 2. The molecule has 0 unspecified atom stereocenters. The van der Waals surface area contributed by atoms with E-state index in [9.17, 15) is 8.78 Å². The predicted molar refractivity (Wildman–Crippen MR) is 31.6 cm³/mol. The summed E-state index contributed by atoms with van der Waals surface area (Å²) in [5.41, 5.74) is 0. The second-order valence-electron chi connectivity index (χ2n) is 2.92. The summed E-state index contributed by atoms with van der Waals surface area (Å²) < 4.78 is 24.3. The van der Waals surface area contributed by atoms with Gasteiger partial charge in [-0.05, 0) is 14.1 Å². The van der Waals surface area contributed by atoms with Gasteiger partial charge in [-0.1, -0.05) is 0 Å². The zero-order valence-corrected chi connectivity index (χ0v) is 5.69. The van der Waals surface area contributed by atoms with Crippen LogP contribution >= 0.6 is 0 Å². The molecule has 1 rings (SSSR count). The maximum atomic E-state index is 12.1. The third-order valence-electron chi connectivity index (χ3n) is 1.54. The highest BCUT2D eigenvalue weighted by Gasteiger charge is 2.56. The van der Waals surface area contributed by atoms with E-state index in [-0.39, 0.29) is 12.3 Å². The highest BCUT2D eigenvalue weighted by Crippen LogP contribution is 2.48. The molecule has 0 aromatic heterocycles.